The molecule has 0 spiro atoms. The number of fused-ring (bicyclic) bond motifs is 1. The number of hydrogen-bond donors (Lipinski definition) is 0. The fraction of sp³-hybridized carbons (Fsp3) is 0.500. The van der Waals surface area contributed by atoms with Crippen molar-refractivity contribution in [2.75, 3.05) is 13.6 Å². The fourth-order valence-electron chi connectivity index (χ4n) is 2.60. The van der Waals surface area contributed by atoms with Gasteiger partial charge in [0.05, 0.1) is 6.42 Å². The van der Waals surface area contributed by atoms with E-state index in [0.29, 0.717) is 13.0 Å². The van der Waals surface area contributed by atoms with Gasteiger partial charge in [-0.25, -0.2) is 0 Å². The fourth-order valence-corrected chi connectivity index (χ4v) is 2.60. The summed E-state index contributed by atoms with van der Waals surface area (Å²) < 4.78 is 0. The first-order chi connectivity index (χ1) is 10.7. The van der Waals surface area contributed by atoms with E-state index in [1.165, 1.54) is 5.56 Å². The molecular formula is C18H25N3O. The third-order valence-electron chi connectivity index (χ3n) is 3.99. The zero-order valence-corrected chi connectivity index (χ0v) is 13.8. The van der Waals surface area contributed by atoms with Crippen molar-refractivity contribution in [3.63, 3.8) is 0 Å². The van der Waals surface area contributed by atoms with Gasteiger partial charge in [0, 0.05) is 43.7 Å². The molecule has 2 rings (SSSR count). The summed E-state index contributed by atoms with van der Waals surface area (Å²) in [5, 5.41) is 0. The maximum atomic E-state index is 12.5. The van der Waals surface area contributed by atoms with E-state index in [1.807, 2.05) is 17.1 Å². The molecule has 0 aromatic carbocycles. The molecule has 0 unspecified atom stereocenters. The molecule has 1 aliphatic rings. The number of carbonyl (C=O) groups is 1. The molecule has 0 bridgehead atoms. The van der Waals surface area contributed by atoms with E-state index in [4.69, 9.17) is 0 Å². The number of rotatable bonds is 5. The van der Waals surface area contributed by atoms with E-state index < -0.39 is 0 Å². The van der Waals surface area contributed by atoms with Crippen LogP contribution in [0.15, 0.2) is 29.3 Å². The zero-order valence-electron chi connectivity index (χ0n) is 13.8. The van der Waals surface area contributed by atoms with Crippen molar-refractivity contribution >= 4 is 11.6 Å². The summed E-state index contributed by atoms with van der Waals surface area (Å²) in [6.07, 6.45) is 7.12. The zero-order chi connectivity index (χ0) is 15.9. The molecule has 1 aliphatic heterocycles. The lowest BCUT2D eigenvalue weighted by atomic mass is 10.0. The maximum Gasteiger partial charge on any atom is 0.228 e. The Hall–Kier alpha value is -1.97. The van der Waals surface area contributed by atoms with Crippen LogP contribution in [0, 0.1) is 0 Å². The predicted octanol–water partition coefficient (Wildman–Crippen LogP) is 2.96. The Balaban J connectivity index is 2.02. The van der Waals surface area contributed by atoms with Crippen LogP contribution >= 0.6 is 0 Å². The third kappa shape index (κ3) is 4.03. The monoisotopic (exact) mass is 299 g/mol. The Morgan fingerprint density at radius 2 is 2.23 bits per heavy atom. The van der Waals surface area contributed by atoms with E-state index >= 15 is 0 Å². The van der Waals surface area contributed by atoms with Crippen molar-refractivity contribution in [3.05, 3.63) is 41.2 Å². The van der Waals surface area contributed by atoms with Crippen molar-refractivity contribution in [3.8, 4) is 0 Å². The second-order valence-corrected chi connectivity index (χ2v) is 5.53. The molecule has 4 heteroatoms. The van der Waals surface area contributed by atoms with Crippen LogP contribution in [-0.2, 0) is 24.2 Å². The standard InChI is InChI=1S/C18H25N3O/c1-4-6-7-16(19-3)12-18(22)21-11-10-17-14(13-21)8-9-15(5-2)20-17/h6-9H,4-5,10-13H2,1-3H3/b7-6-,19-16+. The molecule has 1 aromatic rings. The Morgan fingerprint density at radius 1 is 1.41 bits per heavy atom. The second kappa shape index (κ2) is 7.87. The lowest BCUT2D eigenvalue weighted by Gasteiger charge is -2.28. The number of carbonyl (C=O) groups excluding carboxylic acids is 1. The van der Waals surface area contributed by atoms with Crippen molar-refractivity contribution < 1.29 is 4.79 Å². The average molecular weight is 299 g/mol. The summed E-state index contributed by atoms with van der Waals surface area (Å²) in [5.41, 5.74) is 4.30. The Bertz CT molecular complexity index is 590. The van der Waals surface area contributed by atoms with Gasteiger partial charge in [-0.2, -0.15) is 0 Å². The highest BCUT2D eigenvalue weighted by Crippen LogP contribution is 2.18. The summed E-state index contributed by atoms with van der Waals surface area (Å²) in [4.78, 5) is 23.2. The minimum absolute atomic E-state index is 0.145. The molecule has 0 saturated heterocycles. The first kappa shape index (κ1) is 16.4. The molecule has 0 atom stereocenters. The normalized spacial score (nSPS) is 15.2. The van der Waals surface area contributed by atoms with Gasteiger partial charge in [0.2, 0.25) is 5.91 Å². The molecule has 0 aliphatic carbocycles. The predicted molar refractivity (Wildman–Crippen MR) is 90.1 cm³/mol. The molecule has 0 fully saturated rings. The van der Waals surface area contributed by atoms with Crippen LogP contribution in [0.1, 0.15) is 43.6 Å². The average Bonchev–Trinajstić information content (AvgIpc) is 2.57. The van der Waals surface area contributed by atoms with Crippen LogP contribution in [0.5, 0.6) is 0 Å². The molecule has 4 nitrogen and oxygen atoms in total. The lowest BCUT2D eigenvalue weighted by Crippen LogP contribution is -2.37. The van der Waals surface area contributed by atoms with E-state index in [1.54, 1.807) is 7.05 Å². The summed E-state index contributed by atoms with van der Waals surface area (Å²) in [6.45, 7) is 5.60. The van der Waals surface area contributed by atoms with Crippen LogP contribution in [0.25, 0.3) is 0 Å². The number of aryl methyl sites for hydroxylation is 1. The first-order valence-electron chi connectivity index (χ1n) is 8.05. The number of nitrogens with zero attached hydrogens (tertiary/aromatic N) is 3. The summed E-state index contributed by atoms with van der Waals surface area (Å²) in [5.74, 6) is 0.145. The van der Waals surface area contributed by atoms with Crippen molar-refractivity contribution in [1.82, 2.24) is 9.88 Å². The molecule has 1 amide bonds. The van der Waals surface area contributed by atoms with Gasteiger partial charge < -0.3 is 4.90 Å². The van der Waals surface area contributed by atoms with E-state index in [2.05, 4.69) is 36.0 Å². The van der Waals surface area contributed by atoms with Gasteiger partial charge in [0.15, 0.2) is 0 Å². The summed E-state index contributed by atoms with van der Waals surface area (Å²) >= 11 is 0. The maximum absolute atomic E-state index is 12.5. The molecule has 118 valence electrons. The number of allylic oxidation sites excluding steroid dienone is 2. The number of pyridine rings is 1. The molecule has 22 heavy (non-hydrogen) atoms. The molecule has 2 heterocycles. The van der Waals surface area contributed by atoms with Gasteiger partial charge in [-0.15, -0.1) is 0 Å². The van der Waals surface area contributed by atoms with Crippen LogP contribution in [0.2, 0.25) is 0 Å². The van der Waals surface area contributed by atoms with E-state index in [-0.39, 0.29) is 5.91 Å². The molecular weight excluding hydrogens is 274 g/mol. The number of aliphatic imine (C=N–C) groups is 1. The van der Waals surface area contributed by atoms with Gasteiger partial charge in [-0.3, -0.25) is 14.8 Å². The van der Waals surface area contributed by atoms with Crippen molar-refractivity contribution in [2.45, 2.75) is 46.1 Å². The van der Waals surface area contributed by atoms with Gasteiger partial charge in [-0.05, 0) is 30.5 Å². The lowest BCUT2D eigenvalue weighted by molar-refractivity contribution is -0.130. The van der Waals surface area contributed by atoms with Crippen molar-refractivity contribution in [2.24, 2.45) is 4.99 Å². The minimum atomic E-state index is 0.145. The highest BCUT2D eigenvalue weighted by Gasteiger charge is 2.22. The summed E-state index contributed by atoms with van der Waals surface area (Å²) in [6, 6.07) is 4.18. The molecule has 0 N–H and O–H groups in total. The molecule has 1 aromatic heterocycles. The van der Waals surface area contributed by atoms with E-state index in [9.17, 15) is 4.79 Å². The Morgan fingerprint density at radius 3 is 2.91 bits per heavy atom. The quantitative estimate of drug-likeness (QED) is 0.785. The second-order valence-electron chi connectivity index (χ2n) is 5.53. The Labute approximate surface area is 133 Å². The highest BCUT2D eigenvalue weighted by atomic mass is 16.2. The summed E-state index contributed by atoms with van der Waals surface area (Å²) in [7, 11) is 1.74. The van der Waals surface area contributed by atoms with Gasteiger partial charge in [-0.1, -0.05) is 26.0 Å². The minimum Gasteiger partial charge on any atom is -0.338 e. The van der Waals surface area contributed by atoms with Gasteiger partial charge in [0.1, 0.15) is 0 Å². The van der Waals surface area contributed by atoms with Crippen LogP contribution in [-0.4, -0.2) is 35.1 Å². The number of aromatic nitrogens is 1. The number of amides is 1. The van der Waals surface area contributed by atoms with Crippen LogP contribution in [0.4, 0.5) is 0 Å². The highest BCUT2D eigenvalue weighted by molar-refractivity contribution is 6.07. The Kier molecular flexibility index (Phi) is 5.87. The largest absolute Gasteiger partial charge is 0.338 e. The van der Waals surface area contributed by atoms with Gasteiger partial charge >= 0.3 is 0 Å². The SMILES string of the molecule is CC/C=C\C(CC(=O)N1CCc2nc(CC)ccc2C1)=N/C. The van der Waals surface area contributed by atoms with E-state index in [0.717, 1.165) is 42.9 Å². The molecule has 0 saturated carbocycles. The third-order valence-corrected chi connectivity index (χ3v) is 3.99. The topological polar surface area (TPSA) is 45.6 Å². The van der Waals surface area contributed by atoms with Crippen LogP contribution in [0.3, 0.4) is 0 Å². The smallest absolute Gasteiger partial charge is 0.228 e. The van der Waals surface area contributed by atoms with Crippen LogP contribution < -0.4 is 0 Å². The van der Waals surface area contributed by atoms with Gasteiger partial charge in [0.25, 0.3) is 0 Å². The van der Waals surface area contributed by atoms with Crippen molar-refractivity contribution in [1.29, 1.82) is 0 Å². The molecule has 0 radical (unpaired) electrons. The first-order valence-corrected chi connectivity index (χ1v) is 8.05. The number of hydrogen-bond acceptors (Lipinski definition) is 3.